The average molecular weight is 252 g/mol. The molecule has 0 bridgehead atoms. The molecule has 6 nitrogen and oxygen atoms in total. The Bertz CT molecular complexity index is 376. The third-order valence-electron chi connectivity index (χ3n) is 3.94. The van der Waals surface area contributed by atoms with Crippen LogP contribution >= 0.6 is 0 Å². The number of aromatic nitrogens is 3. The van der Waals surface area contributed by atoms with E-state index in [0.717, 1.165) is 31.7 Å². The van der Waals surface area contributed by atoms with Crippen LogP contribution in [0.1, 0.15) is 18.2 Å². The van der Waals surface area contributed by atoms with Gasteiger partial charge in [-0.1, -0.05) is 5.21 Å². The van der Waals surface area contributed by atoms with Crippen molar-refractivity contribution in [2.75, 3.05) is 40.8 Å². The van der Waals surface area contributed by atoms with E-state index in [-0.39, 0.29) is 0 Å². The Labute approximate surface area is 109 Å². The highest BCUT2D eigenvalue weighted by Crippen LogP contribution is 2.20. The summed E-state index contributed by atoms with van der Waals surface area (Å²) in [7, 11) is 8.36. The Morgan fingerprint density at radius 3 is 2.78 bits per heavy atom. The second-order valence-electron chi connectivity index (χ2n) is 5.26. The van der Waals surface area contributed by atoms with Crippen molar-refractivity contribution >= 4 is 0 Å². The largest absolute Gasteiger partial charge is 0.312 e. The van der Waals surface area contributed by atoms with Crippen molar-refractivity contribution in [3.05, 3.63) is 11.9 Å². The quantitative estimate of drug-likeness (QED) is 0.798. The molecule has 0 saturated carbocycles. The van der Waals surface area contributed by atoms with Crippen molar-refractivity contribution in [2.24, 2.45) is 7.05 Å². The minimum Gasteiger partial charge on any atom is -0.312 e. The zero-order valence-corrected chi connectivity index (χ0v) is 11.8. The van der Waals surface area contributed by atoms with Crippen LogP contribution in [0.25, 0.3) is 0 Å². The van der Waals surface area contributed by atoms with Gasteiger partial charge in [0, 0.05) is 32.7 Å². The molecule has 1 aliphatic rings. The van der Waals surface area contributed by atoms with E-state index >= 15 is 0 Å². The molecule has 2 heterocycles. The van der Waals surface area contributed by atoms with Crippen LogP contribution in [0.15, 0.2) is 6.20 Å². The van der Waals surface area contributed by atoms with E-state index in [1.807, 2.05) is 25.0 Å². The van der Waals surface area contributed by atoms with E-state index in [1.165, 1.54) is 0 Å². The van der Waals surface area contributed by atoms with Crippen LogP contribution in [0.2, 0.25) is 0 Å². The van der Waals surface area contributed by atoms with Crippen LogP contribution in [0.3, 0.4) is 0 Å². The highest BCUT2D eigenvalue weighted by Gasteiger charge is 2.26. The SMILES string of the molecule is CNC(CC1CN(C)CCN1C)c1cnnn1C. The third kappa shape index (κ3) is 2.88. The highest BCUT2D eigenvalue weighted by molar-refractivity contribution is 5.03. The Morgan fingerprint density at radius 1 is 1.39 bits per heavy atom. The monoisotopic (exact) mass is 252 g/mol. The van der Waals surface area contributed by atoms with Crippen molar-refractivity contribution in [3.63, 3.8) is 0 Å². The summed E-state index contributed by atoms with van der Waals surface area (Å²) >= 11 is 0. The number of nitrogens with one attached hydrogen (secondary N) is 1. The van der Waals surface area contributed by atoms with Crippen LogP contribution in [0.4, 0.5) is 0 Å². The average Bonchev–Trinajstić information content (AvgIpc) is 2.77. The lowest BCUT2D eigenvalue weighted by Gasteiger charge is -2.39. The fourth-order valence-electron chi connectivity index (χ4n) is 2.63. The first kappa shape index (κ1) is 13.5. The summed E-state index contributed by atoms with van der Waals surface area (Å²) in [6.07, 6.45) is 2.94. The fourth-order valence-corrected chi connectivity index (χ4v) is 2.63. The number of hydrogen-bond acceptors (Lipinski definition) is 5. The first-order valence-electron chi connectivity index (χ1n) is 6.52. The highest BCUT2D eigenvalue weighted by atomic mass is 15.4. The number of nitrogens with zero attached hydrogens (tertiary/aromatic N) is 5. The molecular weight excluding hydrogens is 228 g/mol. The van der Waals surface area contributed by atoms with Crippen molar-refractivity contribution in [1.82, 2.24) is 30.1 Å². The molecule has 0 radical (unpaired) electrons. The number of rotatable bonds is 4. The molecule has 1 N–H and O–H groups in total. The molecule has 6 heteroatoms. The smallest absolute Gasteiger partial charge is 0.0753 e. The van der Waals surface area contributed by atoms with Crippen molar-refractivity contribution in [1.29, 1.82) is 0 Å². The lowest BCUT2D eigenvalue weighted by atomic mass is 10.0. The zero-order chi connectivity index (χ0) is 13.1. The van der Waals surface area contributed by atoms with Crippen LogP contribution in [0.5, 0.6) is 0 Å². The van der Waals surface area contributed by atoms with E-state index in [9.17, 15) is 0 Å². The lowest BCUT2D eigenvalue weighted by molar-refractivity contribution is 0.101. The first-order chi connectivity index (χ1) is 8.61. The Hall–Kier alpha value is -0.980. The minimum atomic E-state index is 0.309. The topological polar surface area (TPSA) is 49.2 Å². The van der Waals surface area contributed by atoms with Gasteiger partial charge in [-0.05, 0) is 27.6 Å². The van der Waals surface area contributed by atoms with Gasteiger partial charge in [-0.3, -0.25) is 4.68 Å². The standard InChI is InChI=1S/C12H24N6/c1-13-11(12-8-14-15-18(12)4)7-10-9-16(2)5-6-17(10)3/h8,10-11,13H,5-7,9H2,1-4H3. The predicted molar refractivity (Wildman–Crippen MR) is 71.3 cm³/mol. The number of aryl methyl sites for hydroxylation is 1. The van der Waals surface area contributed by atoms with E-state index in [2.05, 4.69) is 39.5 Å². The summed E-state index contributed by atoms with van der Waals surface area (Å²) in [6.45, 7) is 3.42. The van der Waals surface area contributed by atoms with Gasteiger partial charge in [-0.2, -0.15) is 0 Å². The summed E-state index contributed by atoms with van der Waals surface area (Å²) < 4.78 is 1.85. The molecule has 1 aliphatic heterocycles. The summed E-state index contributed by atoms with van der Waals surface area (Å²) in [5.74, 6) is 0. The number of likely N-dealkylation sites (N-methyl/N-ethyl adjacent to an activating group) is 2. The van der Waals surface area contributed by atoms with Crippen molar-refractivity contribution in [2.45, 2.75) is 18.5 Å². The predicted octanol–water partition coefficient (Wildman–Crippen LogP) is -0.288. The van der Waals surface area contributed by atoms with Gasteiger partial charge in [0.25, 0.3) is 0 Å². The van der Waals surface area contributed by atoms with Gasteiger partial charge >= 0.3 is 0 Å². The van der Waals surface area contributed by atoms with Gasteiger partial charge in [0.15, 0.2) is 0 Å². The van der Waals surface area contributed by atoms with E-state index in [4.69, 9.17) is 0 Å². The molecule has 0 spiro atoms. The van der Waals surface area contributed by atoms with Crippen LogP contribution in [0, 0.1) is 0 Å². The maximum Gasteiger partial charge on any atom is 0.0753 e. The van der Waals surface area contributed by atoms with Gasteiger partial charge in [0.1, 0.15) is 0 Å². The van der Waals surface area contributed by atoms with Crippen molar-refractivity contribution in [3.8, 4) is 0 Å². The maximum absolute atomic E-state index is 4.02. The molecule has 1 fully saturated rings. The molecule has 1 aromatic rings. The molecule has 2 rings (SSSR count). The molecule has 18 heavy (non-hydrogen) atoms. The molecule has 102 valence electrons. The summed E-state index contributed by atoms with van der Waals surface area (Å²) in [6, 6.07) is 0.889. The molecular formula is C12H24N6. The number of piperazine rings is 1. The van der Waals surface area contributed by atoms with E-state index in [1.54, 1.807) is 0 Å². The molecule has 1 saturated heterocycles. The molecule has 2 unspecified atom stereocenters. The molecule has 2 atom stereocenters. The van der Waals surface area contributed by atoms with Gasteiger partial charge < -0.3 is 15.1 Å². The Morgan fingerprint density at radius 2 is 2.17 bits per heavy atom. The third-order valence-corrected chi connectivity index (χ3v) is 3.94. The minimum absolute atomic E-state index is 0.309. The lowest BCUT2D eigenvalue weighted by Crippen LogP contribution is -2.51. The Balaban J connectivity index is 2.04. The second-order valence-corrected chi connectivity index (χ2v) is 5.26. The zero-order valence-electron chi connectivity index (χ0n) is 11.8. The first-order valence-corrected chi connectivity index (χ1v) is 6.52. The molecule has 0 amide bonds. The second kappa shape index (κ2) is 5.77. The van der Waals surface area contributed by atoms with Crippen LogP contribution < -0.4 is 5.32 Å². The van der Waals surface area contributed by atoms with Gasteiger partial charge in [-0.15, -0.1) is 5.10 Å². The summed E-state index contributed by atoms with van der Waals surface area (Å²) in [5, 5.41) is 11.4. The normalized spacial score (nSPS) is 24.3. The summed E-state index contributed by atoms with van der Waals surface area (Å²) in [5.41, 5.74) is 1.15. The fraction of sp³-hybridized carbons (Fsp3) is 0.833. The van der Waals surface area contributed by atoms with Crippen molar-refractivity contribution < 1.29 is 0 Å². The Kier molecular flexibility index (Phi) is 4.31. The van der Waals surface area contributed by atoms with Crippen LogP contribution in [-0.2, 0) is 7.05 Å². The van der Waals surface area contributed by atoms with E-state index in [0.29, 0.717) is 12.1 Å². The molecule has 0 aromatic carbocycles. The van der Waals surface area contributed by atoms with Gasteiger partial charge in [-0.25, -0.2) is 0 Å². The van der Waals surface area contributed by atoms with Crippen LogP contribution in [-0.4, -0.2) is 71.6 Å². The maximum atomic E-state index is 4.02. The summed E-state index contributed by atoms with van der Waals surface area (Å²) in [4.78, 5) is 4.85. The van der Waals surface area contributed by atoms with Gasteiger partial charge in [0.2, 0.25) is 0 Å². The number of hydrogen-bond donors (Lipinski definition) is 1. The molecule has 0 aliphatic carbocycles. The van der Waals surface area contributed by atoms with Gasteiger partial charge in [0.05, 0.1) is 17.9 Å². The van der Waals surface area contributed by atoms with E-state index < -0.39 is 0 Å². The molecule has 1 aromatic heterocycles.